The molecule has 0 bridgehead atoms. The van der Waals surface area contributed by atoms with Gasteiger partial charge in [0, 0.05) is 0 Å². The second kappa shape index (κ2) is 2.88. The second-order valence-electron chi connectivity index (χ2n) is 1.74. The predicted molar refractivity (Wildman–Crippen MR) is 37.7 cm³/mol. The summed E-state index contributed by atoms with van der Waals surface area (Å²) in [5.41, 5.74) is 0.377. The summed E-state index contributed by atoms with van der Waals surface area (Å²) in [4.78, 5) is 0. The monoisotopic (exact) mass is 136 g/mol. The number of rotatable bonds is 1. The summed E-state index contributed by atoms with van der Waals surface area (Å²) in [7, 11) is -2.46. The van der Waals surface area contributed by atoms with Gasteiger partial charge in [0.1, 0.15) is 5.75 Å². The van der Waals surface area contributed by atoms with Gasteiger partial charge in [0.2, 0.25) is 0 Å². The van der Waals surface area contributed by atoms with Gasteiger partial charge in [0.25, 0.3) is 0 Å². The fourth-order valence-electron chi connectivity index (χ4n) is 0.629. The van der Waals surface area contributed by atoms with Gasteiger partial charge in [-0.3, -0.25) is 0 Å². The maximum Gasteiger partial charge on any atom is 0.120 e. The minimum atomic E-state index is -2.46. The van der Waals surface area contributed by atoms with Crippen LogP contribution in [-0.2, 0) is 0 Å². The molecule has 1 rings (SSSR count). The van der Waals surface area contributed by atoms with Crippen LogP contribution in [0.5, 0.6) is 5.75 Å². The van der Waals surface area contributed by atoms with E-state index >= 15 is 0 Å². The van der Waals surface area contributed by atoms with E-state index < -0.39 is 7.04 Å². The van der Waals surface area contributed by atoms with E-state index in [9.17, 15) is 0 Å². The predicted octanol–water partition coefficient (Wildman–Crippen LogP) is 1.57. The van der Waals surface area contributed by atoms with E-state index in [1.807, 2.05) is 6.07 Å². The molecular formula is C8H7NO. The molecule has 0 unspecified atom stereocenters. The maximum atomic E-state index is 8.51. The Balaban J connectivity index is 2.86. The van der Waals surface area contributed by atoms with E-state index in [-0.39, 0.29) is 5.75 Å². The van der Waals surface area contributed by atoms with Crippen molar-refractivity contribution in [2.24, 2.45) is 0 Å². The Morgan fingerprint density at radius 1 is 1.70 bits per heavy atom. The van der Waals surface area contributed by atoms with Gasteiger partial charge in [-0.05, 0) is 18.2 Å². The molecule has 0 radical (unpaired) electrons. The summed E-state index contributed by atoms with van der Waals surface area (Å²) >= 11 is 0. The quantitative estimate of drug-likeness (QED) is 0.587. The first-order chi connectivity index (χ1) is 6.01. The van der Waals surface area contributed by atoms with Crippen molar-refractivity contribution >= 4 is 0 Å². The smallest absolute Gasteiger partial charge is 0.120 e. The third-order valence-corrected chi connectivity index (χ3v) is 1.08. The van der Waals surface area contributed by atoms with Gasteiger partial charge >= 0.3 is 0 Å². The molecule has 0 aliphatic carbocycles. The Morgan fingerprint density at radius 3 is 3.30 bits per heavy atom. The van der Waals surface area contributed by atoms with Crippen LogP contribution in [0, 0.1) is 11.3 Å². The Kier molecular flexibility index (Phi) is 1.04. The summed E-state index contributed by atoms with van der Waals surface area (Å²) in [6.07, 6.45) is 0. The summed E-state index contributed by atoms with van der Waals surface area (Å²) < 4.78 is 25.1. The van der Waals surface area contributed by atoms with E-state index in [1.165, 1.54) is 12.1 Å². The second-order valence-corrected chi connectivity index (χ2v) is 1.74. The molecule has 10 heavy (non-hydrogen) atoms. The Labute approximate surface area is 63.9 Å². The maximum absolute atomic E-state index is 8.51. The van der Waals surface area contributed by atoms with Crippen LogP contribution in [0.25, 0.3) is 0 Å². The Bertz CT molecular complexity index is 340. The van der Waals surface area contributed by atoms with Crippen LogP contribution >= 0.6 is 0 Å². The molecule has 0 saturated carbocycles. The third-order valence-electron chi connectivity index (χ3n) is 1.08. The number of benzene rings is 1. The molecule has 1 aromatic carbocycles. The third kappa shape index (κ3) is 1.26. The summed E-state index contributed by atoms with van der Waals surface area (Å²) in [5.74, 6) is 0.180. The molecule has 1 aromatic rings. The fraction of sp³-hybridized carbons (Fsp3) is 0.125. The lowest BCUT2D eigenvalue weighted by Gasteiger charge is -1.96. The zero-order valence-corrected chi connectivity index (χ0v) is 5.16. The van der Waals surface area contributed by atoms with Crippen molar-refractivity contribution in [1.82, 2.24) is 0 Å². The molecule has 0 saturated heterocycles. The first-order valence-electron chi connectivity index (χ1n) is 4.20. The van der Waals surface area contributed by atoms with Gasteiger partial charge in [-0.1, -0.05) is 6.07 Å². The van der Waals surface area contributed by atoms with Gasteiger partial charge in [0.15, 0.2) is 0 Å². The molecule has 0 aliphatic rings. The van der Waals surface area contributed by atoms with Gasteiger partial charge in [-0.25, -0.2) is 0 Å². The normalized spacial score (nSPS) is 14.1. The summed E-state index contributed by atoms with van der Waals surface area (Å²) in [5, 5.41) is 8.51. The van der Waals surface area contributed by atoms with Crippen LogP contribution in [0.1, 0.15) is 9.68 Å². The first kappa shape index (κ1) is 3.62. The van der Waals surface area contributed by atoms with E-state index in [1.54, 1.807) is 12.1 Å². The topological polar surface area (TPSA) is 33.0 Å². The molecule has 0 amide bonds. The van der Waals surface area contributed by atoms with Crippen LogP contribution in [0.15, 0.2) is 24.3 Å². The average molecular weight is 136 g/mol. The number of nitriles is 1. The molecule has 0 spiro atoms. The van der Waals surface area contributed by atoms with Crippen LogP contribution in [0.2, 0.25) is 0 Å². The minimum Gasteiger partial charge on any atom is -0.497 e. The average Bonchev–Trinajstić information content (AvgIpc) is 2.01. The zero-order chi connectivity index (χ0) is 9.90. The van der Waals surface area contributed by atoms with Crippen LogP contribution in [0.3, 0.4) is 0 Å². The Morgan fingerprint density at radius 2 is 2.60 bits per heavy atom. The lowest BCUT2D eigenvalue weighted by Crippen LogP contribution is -1.82. The van der Waals surface area contributed by atoms with Crippen molar-refractivity contribution in [3.8, 4) is 11.8 Å². The van der Waals surface area contributed by atoms with Crippen molar-refractivity contribution in [3.05, 3.63) is 29.8 Å². The van der Waals surface area contributed by atoms with Crippen LogP contribution < -0.4 is 4.74 Å². The number of methoxy groups -OCH3 is 1. The molecule has 50 valence electrons. The van der Waals surface area contributed by atoms with E-state index in [4.69, 9.17) is 9.37 Å². The number of ether oxygens (including phenoxy) is 1. The van der Waals surface area contributed by atoms with E-state index in [2.05, 4.69) is 4.74 Å². The van der Waals surface area contributed by atoms with Crippen LogP contribution in [-0.4, -0.2) is 7.04 Å². The molecule has 0 heterocycles. The van der Waals surface area contributed by atoms with Crippen molar-refractivity contribution < 1.29 is 8.85 Å². The number of nitrogens with zero attached hydrogens (tertiary/aromatic N) is 1. The molecule has 2 nitrogen and oxygen atoms in total. The molecule has 0 N–H and O–H groups in total. The van der Waals surface area contributed by atoms with Crippen molar-refractivity contribution in [1.29, 1.82) is 5.26 Å². The number of hydrogen-bond acceptors (Lipinski definition) is 2. The molecule has 0 aliphatic heterocycles. The summed E-state index contributed by atoms with van der Waals surface area (Å²) in [6, 6.07) is 7.91. The standard InChI is InChI=1S/C8H7NO/c1-10-8-4-2-3-7(5-8)6-9/h2-5H,1H3/i1D3. The fourth-order valence-corrected chi connectivity index (χ4v) is 0.629. The van der Waals surface area contributed by atoms with Crippen LogP contribution in [0.4, 0.5) is 0 Å². The minimum absolute atomic E-state index is 0.180. The lowest BCUT2D eigenvalue weighted by molar-refractivity contribution is 0.414. The van der Waals surface area contributed by atoms with Crippen molar-refractivity contribution in [3.63, 3.8) is 0 Å². The highest BCUT2D eigenvalue weighted by Gasteiger charge is 1.90. The Hall–Kier alpha value is -1.49. The largest absolute Gasteiger partial charge is 0.497 e. The van der Waals surface area contributed by atoms with E-state index in [0.29, 0.717) is 5.56 Å². The highest BCUT2D eigenvalue weighted by molar-refractivity contribution is 5.35. The molecule has 2 heteroatoms. The van der Waals surface area contributed by atoms with E-state index in [0.717, 1.165) is 0 Å². The molecule has 0 fully saturated rings. The highest BCUT2D eigenvalue weighted by atomic mass is 16.5. The zero-order valence-electron chi connectivity index (χ0n) is 8.16. The molecular weight excluding hydrogens is 126 g/mol. The lowest BCUT2D eigenvalue weighted by atomic mass is 10.2. The molecule has 0 atom stereocenters. The van der Waals surface area contributed by atoms with Gasteiger partial charge in [-0.2, -0.15) is 5.26 Å². The van der Waals surface area contributed by atoms with Gasteiger partial charge in [0.05, 0.1) is 22.8 Å². The first-order valence-corrected chi connectivity index (χ1v) is 2.70. The van der Waals surface area contributed by atoms with Crippen molar-refractivity contribution in [2.75, 3.05) is 7.04 Å². The number of hydrogen-bond donors (Lipinski definition) is 0. The van der Waals surface area contributed by atoms with Gasteiger partial charge < -0.3 is 4.74 Å². The van der Waals surface area contributed by atoms with Gasteiger partial charge in [-0.15, -0.1) is 0 Å². The van der Waals surface area contributed by atoms with Crippen molar-refractivity contribution in [2.45, 2.75) is 0 Å². The summed E-state index contributed by atoms with van der Waals surface area (Å²) in [6.45, 7) is 0. The highest BCUT2D eigenvalue weighted by Crippen LogP contribution is 2.10. The molecule has 0 aromatic heterocycles. The SMILES string of the molecule is [2H]C([2H])([2H])Oc1cccc(C#N)c1.